The van der Waals surface area contributed by atoms with E-state index < -0.39 is 0 Å². The highest BCUT2D eigenvalue weighted by molar-refractivity contribution is 6.16. The first-order valence-electron chi connectivity index (χ1n) is 6.42. The van der Waals surface area contributed by atoms with Crippen molar-refractivity contribution in [3.8, 4) is 0 Å². The van der Waals surface area contributed by atoms with E-state index in [2.05, 4.69) is 5.16 Å². The minimum Gasteiger partial charge on any atom is -0.399 e. The van der Waals surface area contributed by atoms with E-state index >= 15 is 0 Å². The first kappa shape index (κ1) is 14.0. The van der Waals surface area contributed by atoms with Crippen LogP contribution in [-0.4, -0.2) is 18.6 Å². The van der Waals surface area contributed by atoms with Gasteiger partial charge in [0.2, 0.25) is 0 Å². The van der Waals surface area contributed by atoms with E-state index in [1.165, 1.54) is 7.11 Å². The van der Waals surface area contributed by atoms with Crippen molar-refractivity contribution in [3.05, 3.63) is 70.8 Å². The van der Waals surface area contributed by atoms with Crippen LogP contribution in [0.3, 0.4) is 0 Å². The lowest BCUT2D eigenvalue weighted by Gasteiger charge is -2.09. The van der Waals surface area contributed by atoms with Gasteiger partial charge in [-0.25, -0.2) is 0 Å². The number of rotatable bonds is 4. The molecule has 0 heterocycles. The highest BCUT2D eigenvalue weighted by atomic mass is 16.6. The Hall–Kier alpha value is -2.42. The average molecular weight is 267 g/mol. The van der Waals surface area contributed by atoms with E-state index in [1.54, 1.807) is 0 Å². The Kier molecular flexibility index (Phi) is 4.31. The summed E-state index contributed by atoms with van der Waals surface area (Å²) in [6, 6.07) is 15.0. The van der Waals surface area contributed by atoms with Crippen LogP contribution in [0.4, 0.5) is 0 Å². The maximum Gasteiger partial charge on any atom is 0.193 e. The minimum absolute atomic E-state index is 0.00467. The van der Waals surface area contributed by atoms with Crippen molar-refractivity contribution >= 4 is 11.5 Å². The third kappa shape index (κ3) is 2.94. The Bertz CT molecular complexity index is 645. The summed E-state index contributed by atoms with van der Waals surface area (Å²) in [7, 11) is 1.50. The minimum atomic E-state index is -0.00467. The van der Waals surface area contributed by atoms with Crippen LogP contribution in [0, 0.1) is 6.92 Å². The van der Waals surface area contributed by atoms with Crippen molar-refractivity contribution in [2.45, 2.75) is 13.8 Å². The van der Waals surface area contributed by atoms with Crippen molar-refractivity contribution in [1.29, 1.82) is 0 Å². The van der Waals surface area contributed by atoms with Crippen LogP contribution in [0.1, 0.15) is 34.0 Å². The molecule has 0 aliphatic rings. The molecule has 2 aromatic rings. The molecule has 0 aromatic heterocycles. The second-order valence-electron chi connectivity index (χ2n) is 4.60. The van der Waals surface area contributed by atoms with E-state index in [0.717, 1.165) is 11.1 Å². The molecule has 0 fully saturated rings. The van der Waals surface area contributed by atoms with Gasteiger partial charge in [0.25, 0.3) is 0 Å². The molecule has 3 heteroatoms. The van der Waals surface area contributed by atoms with Crippen LogP contribution in [-0.2, 0) is 4.84 Å². The van der Waals surface area contributed by atoms with Gasteiger partial charge in [-0.1, -0.05) is 53.2 Å². The molecule has 0 bridgehead atoms. The number of hydrogen-bond acceptors (Lipinski definition) is 3. The molecular weight excluding hydrogens is 250 g/mol. The molecule has 0 radical (unpaired) electrons. The molecule has 0 saturated heterocycles. The molecule has 0 unspecified atom stereocenters. The van der Waals surface area contributed by atoms with Crippen LogP contribution in [0.15, 0.2) is 53.7 Å². The van der Waals surface area contributed by atoms with Crippen LogP contribution in [0.25, 0.3) is 0 Å². The maximum atomic E-state index is 12.6. The van der Waals surface area contributed by atoms with Crippen molar-refractivity contribution in [1.82, 2.24) is 0 Å². The van der Waals surface area contributed by atoms with Gasteiger partial charge in [-0.15, -0.1) is 0 Å². The van der Waals surface area contributed by atoms with Gasteiger partial charge >= 0.3 is 0 Å². The van der Waals surface area contributed by atoms with Gasteiger partial charge in [0.1, 0.15) is 7.11 Å². The van der Waals surface area contributed by atoms with Crippen molar-refractivity contribution in [3.63, 3.8) is 0 Å². The third-order valence-electron chi connectivity index (χ3n) is 3.07. The van der Waals surface area contributed by atoms with Gasteiger partial charge in [0.05, 0.1) is 5.71 Å². The van der Waals surface area contributed by atoms with Crippen LogP contribution in [0.5, 0.6) is 0 Å². The number of carbonyl (C=O) groups excluding carboxylic acids is 1. The summed E-state index contributed by atoms with van der Waals surface area (Å²) in [6.45, 7) is 3.80. The highest BCUT2D eigenvalue weighted by Crippen LogP contribution is 2.18. The van der Waals surface area contributed by atoms with Crippen molar-refractivity contribution in [2.75, 3.05) is 7.11 Å². The predicted octanol–water partition coefficient (Wildman–Crippen LogP) is 3.60. The van der Waals surface area contributed by atoms with E-state index in [4.69, 9.17) is 4.84 Å². The first-order valence-corrected chi connectivity index (χ1v) is 6.42. The number of nitrogens with zero attached hydrogens (tertiary/aromatic N) is 1. The molecule has 0 N–H and O–H groups in total. The first-order chi connectivity index (χ1) is 9.63. The Morgan fingerprint density at radius 2 is 1.75 bits per heavy atom. The molecule has 0 spiro atoms. The normalized spacial score (nSPS) is 11.2. The summed E-state index contributed by atoms with van der Waals surface area (Å²) in [5.41, 5.74) is 3.84. The largest absolute Gasteiger partial charge is 0.399 e. The zero-order valence-electron chi connectivity index (χ0n) is 11.9. The van der Waals surface area contributed by atoms with Crippen LogP contribution in [0.2, 0.25) is 0 Å². The van der Waals surface area contributed by atoms with Crippen LogP contribution < -0.4 is 0 Å². The summed E-state index contributed by atoms with van der Waals surface area (Å²) >= 11 is 0. The van der Waals surface area contributed by atoms with Gasteiger partial charge in [0.15, 0.2) is 5.78 Å². The number of carbonyl (C=O) groups is 1. The summed E-state index contributed by atoms with van der Waals surface area (Å²) < 4.78 is 0. The number of hydrogen-bond donors (Lipinski definition) is 0. The summed E-state index contributed by atoms with van der Waals surface area (Å²) in [5, 5.41) is 3.93. The van der Waals surface area contributed by atoms with Gasteiger partial charge in [0, 0.05) is 16.7 Å². The number of aryl methyl sites for hydroxylation is 1. The second-order valence-corrected chi connectivity index (χ2v) is 4.60. The number of ketones is 1. The molecule has 3 nitrogen and oxygen atoms in total. The molecule has 0 aliphatic carbocycles. The fourth-order valence-electron chi connectivity index (χ4n) is 2.09. The van der Waals surface area contributed by atoms with Gasteiger partial charge < -0.3 is 4.84 Å². The highest BCUT2D eigenvalue weighted by Gasteiger charge is 2.15. The van der Waals surface area contributed by atoms with E-state index in [0.29, 0.717) is 16.8 Å². The Balaban J connectivity index is 2.53. The third-order valence-corrected chi connectivity index (χ3v) is 3.07. The Labute approximate surface area is 118 Å². The van der Waals surface area contributed by atoms with E-state index in [9.17, 15) is 4.79 Å². The van der Waals surface area contributed by atoms with Gasteiger partial charge in [-0.05, 0) is 19.9 Å². The van der Waals surface area contributed by atoms with E-state index in [1.807, 2.05) is 62.4 Å². The van der Waals surface area contributed by atoms with Crippen LogP contribution >= 0.6 is 0 Å². The Morgan fingerprint density at radius 3 is 2.40 bits per heavy atom. The topological polar surface area (TPSA) is 38.7 Å². The quantitative estimate of drug-likeness (QED) is 0.482. The molecule has 20 heavy (non-hydrogen) atoms. The van der Waals surface area contributed by atoms with Gasteiger partial charge in [-0.2, -0.15) is 0 Å². The molecule has 0 saturated carbocycles. The average Bonchev–Trinajstić information content (AvgIpc) is 2.47. The molecule has 0 atom stereocenters. The number of oxime groups is 1. The summed E-state index contributed by atoms with van der Waals surface area (Å²) in [5.74, 6) is -0.00467. The zero-order chi connectivity index (χ0) is 14.5. The van der Waals surface area contributed by atoms with Crippen molar-refractivity contribution in [2.24, 2.45) is 5.16 Å². The monoisotopic (exact) mass is 267 g/mol. The SMILES string of the molecule is CO/N=C(\C)c1ccc(C)cc1C(=O)c1ccccc1. The predicted molar refractivity (Wildman–Crippen MR) is 80.3 cm³/mol. The smallest absolute Gasteiger partial charge is 0.193 e. The molecule has 102 valence electrons. The fraction of sp³-hybridized carbons (Fsp3) is 0.176. The molecule has 0 amide bonds. The Morgan fingerprint density at radius 1 is 1.05 bits per heavy atom. The maximum absolute atomic E-state index is 12.6. The lowest BCUT2D eigenvalue weighted by atomic mass is 9.94. The zero-order valence-corrected chi connectivity index (χ0v) is 11.9. The van der Waals surface area contributed by atoms with Crippen molar-refractivity contribution < 1.29 is 9.63 Å². The van der Waals surface area contributed by atoms with E-state index in [-0.39, 0.29) is 5.78 Å². The summed E-state index contributed by atoms with van der Waals surface area (Å²) in [4.78, 5) is 17.4. The fourth-order valence-corrected chi connectivity index (χ4v) is 2.09. The standard InChI is InChI=1S/C17H17NO2/c1-12-9-10-15(13(2)18-20-3)16(11-12)17(19)14-7-5-4-6-8-14/h4-11H,1-3H3/b18-13+. The lowest BCUT2D eigenvalue weighted by molar-refractivity contribution is 0.103. The molecule has 0 aliphatic heterocycles. The molecule has 2 rings (SSSR count). The van der Waals surface area contributed by atoms with Gasteiger partial charge in [-0.3, -0.25) is 4.79 Å². The lowest BCUT2D eigenvalue weighted by Crippen LogP contribution is -2.09. The second kappa shape index (κ2) is 6.15. The number of benzene rings is 2. The molecular formula is C17H17NO2. The summed E-state index contributed by atoms with van der Waals surface area (Å²) in [6.07, 6.45) is 0. The molecule has 2 aromatic carbocycles.